The summed E-state index contributed by atoms with van der Waals surface area (Å²) in [4.78, 5) is 27.1. The average molecular weight is 518 g/mol. The zero-order chi connectivity index (χ0) is 27.0. The number of nitrogen functional groups attached to an aromatic ring is 1. The lowest BCUT2D eigenvalue weighted by atomic mass is 9.98. The van der Waals surface area contributed by atoms with Crippen molar-refractivity contribution < 1.29 is 18.8 Å². The summed E-state index contributed by atoms with van der Waals surface area (Å²) in [6.07, 6.45) is 3.27. The van der Waals surface area contributed by atoms with Gasteiger partial charge in [0.2, 0.25) is 0 Å². The molecule has 1 aliphatic heterocycles. The SMILES string of the molecule is Cc1c(-c2ccc(Oc3cccc(F)c3)cc2)c2c(N)ncnc2n1[C@@H]1CCCN(OC(=O)C(C)(C)C)C1. The molecule has 0 bridgehead atoms. The monoisotopic (exact) mass is 517 g/mol. The van der Waals surface area contributed by atoms with Crippen molar-refractivity contribution in [3.05, 3.63) is 66.4 Å². The predicted octanol–water partition coefficient (Wildman–Crippen LogP) is 6.06. The van der Waals surface area contributed by atoms with Crippen LogP contribution in [0.3, 0.4) is 0 Å². The molecule has 2 N–H and O–H groups in total. The zero-order valence-corrected chi connectivity index (χ0v) is 22.1. The van der Waals surface area contributed by atoms with Gasteiger partial charge in [-0.05, 0) is 70.4 Å². The van der Waals surface area contributed by atoms with Crippen LogP contribution in [-0.4, -0.2) is 38.7 Å². The molecule has 0 unspecified atom stereocenters. The summed E-state index contributed by atoms with van der Waals surface area (Å²) in [6.45, 7) is 8.83. The molecule has 3 heterocycles. The molecule has 8 nitrogen and oxygen atoms in total. The Morgan fingerprint density at radius 2 is 1.87 bits per heavy atom. The number of carbonyl (C=O) groups excluding carboxylic acids is 1. The van der Waals surface area contributed by atoms with Crippen molar-refractivity contribution >= 4 is 22.8 Å². The van der Waals surface area contributed by atoms with Crippen LogP contribution in [0.1, 0.15) is 45.3 Å². The number of piperidine rings is 1. The first-order valence-corrected chi connectivity index (χ1v) is 12.7. The number of hydrogen-bond acceptors (Lipinski definition) is 7. The maximum absolute atomic E-state index is 13.5. The van der Waals surface area contributed by atoms with Crippen LogP contribution >= 0.6 is 0 Å². The lowest BCUT2D eigenvalue weighted by Gasteiger charge is -2.34. The second kappa shape index (κ2) is 10.1. The molecule has 198 valence electrons. The van der Waals surface area contributed by atoms with Crippen LogP contribution in [0.4, 0.5) is 10.2 Å². The summed E-state index contributed by atoms with van der Waals surface area (Å²) in [6, 6.07) is 13.7. The van der Waals surface area contributed by atoms with Crippen LogP contribution < -0.4 is 10.5 Å². The van der Waals surface area contributed by atoms with Gasteiger partial charge in [-0.1, -0.05) is 18.2 Å². The number of ether oxygens (including phenoxy) is 1. The molecule has 2 aromatic carbocycles. The predicted molar refractivity (Wildman–Crippen MR) is 144 cm³/mol. The summed E-state index contributed by atoms with van der Waals surface area (Å²) in [5.74, 6) is 0.817. The number of carbonyl (C=O) groups is 1. The Kier molecular flexibility index (Phi) is 6.79. The first kappa shape index (κ1) is 25.7. The average Bonchev–Trinajstić information content (AvgIpc) is 3.17. The number of rotatable bonds is 5. The lowest BCUT2D eigenvalue weighted by Crippen LogP contribution is -2.40. The number of hydrogen-bond donors (Lipinski definition) is 1. The topological polar surface area (TPSA) is 95.5 Å². The second-order valence-corrected chi connectivity index (χ2v) is 10.7. The van der Waals surface area contributed by atoms with Crippen LogP contribution in [-0.2, 0) is 9.63 Å². The van der Waals surface area contributed by atoms with Crippen LogP contribution in [0.5, 0.6) is 11.5 Å². The minimum Gasteiger partial charge on any atom is -0.457 e. The quantitative estimate of drug-likeness (QED) is 0.344. The standard InChI is InChI=1S/C29H32FN5O3/c1-18-24(19-10-12-22(13-11-19)37-23-9-5-7-20(30)15-23)25-26(31)32-17-33-27(25)35(18)21-8-6-14-34(16-21)38-28(36)29(2,3)4/h5,7,9-13,15,17,21H,6,8,14,16H2,1-4H3,(H2,31,32,33)/t21-/m1/s1. The third-order valence-electron chi connectivity index (χ3n) is 6.78. The van der Waals surface area contributed by atoms with Crippen LogP contribution in [0.2, 0.25) is 0 Å². The van der Waals surface area contributed by atoms with Gasteiger partial charge in [-0.25, -0.2) is 19.2 Å². The number of nitrogens with two attached hydrogens (primary N) is 1. The van der Waals surface area contributed by atoms with Gasteiger partial charge in [0.25, 0.3) is 0 Å². The number of halogens is 1. The maximum Gasteiger partial charge on any atom is 0.330 e. The number of fused-ring (bicyclic) bond motifs is 1. The van der Waals surface area contributed by atoms with Crippen LogP contribution in [0.15, 0.2) is 54.9 Å². The third kappa shape index (κ3) is 5.06. The molecule has 2 aromatic heterocycles. The molecule has 0 aliphatic carbocycles. The van der Waals surface area contributed by atoms with Gasteiger partial charge in [-0.2, -0.15) is 0 Å². The van der Waals surface area contributed by atoms with Gasteiger partial charge in [0.1, 0.15) is 35.1 Å². The Balaban J connectivity index is 1.48. The van der Waals surface area contributed by atoms with Crippen molar-refractivity contribution in [2.24, 2.45) is 5.41 Å². The van der Waals surface area contributed by atoms with Gasteiger partial charge in [0, 0.05) is 23.9 Å². The van der Waals surface area contributed by atoms with E-state index in [4.69, 9.17) is 15.3 Å². The zero-order valence-electron chi connectivity index (χ0n) is 22.1. The van der Waals surface area contributed by atoms with Crippen molar-refractivity contribution in [3.63, 3.8) is 0 Å². The van der Waals surface area contributed by atoms with E-state index in [9.17, 15) is 9.18 Å². The molecule has 0 spiro atoms. The maximum atomic E-state index is 13.5. The molecule has 0 saturated carbocycles. The van der Waals surface area contributed by atoms with Crippen molar-refractivity contribution in [1.29, 1.82) is 0 Å². The van der Waals surface area contributed by atoms with E-state index in [2.05, 4.69) is 14.5 Å². The van der Waals surface area contributed by atoms with Gasteiger partial charge in [0.05, 0.1) is 23.4 Å². The Morgan fingerprint density at radius 3 is 2.58 bits per heavy atom. The summed E-state index contributed by atoms with van der Waals surface area (Å²) in [5, 5.41) is 2.54. The first-order chi connectivity index (χ1) is 18.1. The summed E-state index contributed by atoms with van der Waals surface area (Å²) < 4.78 is 21.6. The summed E-state index contributed by atoms with van der Waals surface area (Å²) in [7, 11) is 0. The highest BCUT2D eigenvalue weighted by Gasteiger charge is 2.32. The smallest absolute Gasteiger partial charge is 0.330 e. The largest absolute Gasteiger partial charge is 0.457 e. The normalized spacial score (nSPS) is 16.5. The third-order valence-corrected chi connectivity index (χ3v) is 6.78. The van der Waals surface area contributed by atoms with Gasteiger partial charge in [0.15, 0.2) is 0 Å². The van der Waals surface area contributed by atoms with Crippen LogP contribution in [0, 0.1) is 18.2 Å². The van der Waals surface area contributed by atoms with E-state index >= 15 is 0 Å². The van der Waals surface area contributed by atoms with E-state index in [-0.39, 0.29) is 17.8 Å². The van der Waals surface area contributed by atoms with E-state index in [1.165, 1.54) is 18.5 Å². The van der Waals surface area contributed by atoms with E-state index < -0.39 is 5.41 Å². The number of hydroxylamine groups is 2. The highest BCUT2D eigenvalue weighted by atomic mass is 19.1. The number of aromatic nitrogens is 3. The Hall–Kier alpha value is -3.98. The number of nitrogens with zero attached hydrogens (tertiary/aromatic N) is 4. The minimum atomic E-state index is -0.581. The number of benzene rings is 2. The van der Waals surface area contributed by atoms with Gasteiger partial charge in [-0.3, -0.25) is 0 Å². The van der Waals surface area contributed by atoms with Crippen molar-refractivity contribution in [1.82, 2.24) is 19.6 Å². The molecule has 9 heteroatoms. The van der Waals surface area contributed by atoms with Gasteiger partial charge >= 0.3 is 5.97 Å². The fraction of sp³-hybridized carbons (Fsp3) is 0.345. The van der Waals surface area contributed by atoms with E-state index in [1.807, 2.05) is 52.0 Å². The molecule has 1 saturated heterocycles. The molecule has 0 radical (unpaired) electrons. The molecule has 38 heavy (non-hydrogen) atoms. The summed E-state index contributed by atoms with van der Waals surface area (Å²) in [5.41, 5.74) is 9.44. The molecule has 1 fully saturated rings. The van der Waals surface area contributed by atoms with Crippen molar-refractivity contribution in [2.75, 3.05) is 18.8 Å². The molecule has 0 amide bonds. The van der Waals surface area contributed by atoms with Crippen molar-refractivity contribution in [3.8, 4) is 22.6 Å². The fourth-order valence-corrected chi connectivity index (χ4v) is 4.90. The van der Waals surface area contributed by atoms with E-state index in [0.29, 0.717) is 30.4 Å². The van der Waals surface area contributed by atoms with E-state index in [1.54, 1.807) is 17.2 Å². The molecule has 1 atom stereocenters. The second-order valence-electron chi connectivity index (χ2n) is 10.7. The molecule has 1 aliphatic rings. The van der Waals surface area contributed by atoms with Gasteiger partial charge in [-0.15, -0.1) is 5.06 Å². The lowest BCUT2D eigenvalue weighted by molar-refractivity contribution is -0.206. The first-order valence-electron chi connectivity index (χ1n) is 12.7. The molecular weight excluding hydrogens is 485 g/mol. The summed E-state index contributed by atoms with van der Waals surface area (Å²) >= 11 is 0. The number of anilines is 1. The Morgan fingerprint density at radius 1 is 1.11 bits per heavy atom. The molecule has 4 aromatic rings. The van der Waals surface area contributed by atoms with Crippen LogP contribution in [0.25, 0.3) is 22.2 Å². The Bertz CT molecular complexity index is 1480. The van der Waals surface area contributed by atoms with Gasteiger partial charge < -0.3 is 19.9 Å². The minimum absolute atomic E-state index is 0.0395. The molecular formula is C29H32FN5O3. The van der Waals surface area contributed by atoms with E-state index in [0.717, 1.165) is 40.7 Å². The Labute approximate surface area is 221 Å². The fourth-order valence-electron chi connectivity index (χ4n) is 4.90. The molecule has 5 rings (SSSR count). The highest BCUT2D eigenvalue weighted by molar-refractivity contribution is 6.02. The van der Waals surface area contributed by atoms with Crippen molar-refractivity contribution in [2.45, 2.75) is 46.6 Å². The highest BCUT2D eigenvalue weighted by Crippen LogP contribution is 2.40.